The minimum absolute atomic E-state index is 0.0500. The molecule has 0 spiro atoms. The van der Waals surface area contributed by atoms with Crippen molar-refractivity contribution in [3.8, 4) is 16.9 Å². The molecule has 0 saturated heterocycles. The Morgan fingerprint density at radius 1 is 0.958 bits per heavy atom. The first-order valence-corrected chi connectivity index (χ1v) is 8.70. The van der Waals surface area contributed by atoms with Crippen LogP contribution >= 0.6 is 0 Å². The van der Waals surface area contributed by atoms with Crippen molar-refractivity contribution in [3.63, 3.8) is 0 Å². The van der Waals surface area contributed by atoms with E-state index in [1.165, 1.54) is 0 Å². The monoisotopic (exact) mass is 323 g/mol. The van der Waals surface area contributed by atoms with Gasteiger partial charge in [0.15, 0.2) is 0 Å². The molecule has 0 bridgehead atoms. The first-order chi connectivity index (χ1) is 11.5. The van der Waals surface area contributed by atoms with Gasteiger partial charge in [-0.05, 0) is 62.4 Å². The van der Waals surface area contributed by atoms with Gasteiger partial charge in [0.1, 0.15) is 5.75 Å². The molecule has 3 rings (SSSR count). The molecular weight excluding hydrogens is 298 g/mol. The molecule has 3 nitrogen and oxygen atoms in total. The lowest BCUT2D eigenvalue weighted by Gasteiger charge is -2.15. The minimum atomic E-state index is 0.0500. The van der Waals surface area contributed by atoms with Gasteiger partial charge in [-0.15, -0.1) is 0 Å². The number of ether oxygens (including phenoxy) is 1. The zero-order valence-corrected chi connectivity index (χ0v) is 14.6. The molecule has 2 aromatic carbocycles. The summed E-state index contributed by atoms with van der Waals surface area (Å²) in [6, 6.07) is 16.6. The number of hydrogen-bond donors (Lipinski definition) is 1. The SMILES string of the molecule is CC(C)Oc1ccc(-c2ccc([C@H](C)NC(=O)C3CC3)cc2)cc1. The molecule has 0 unspecified atom stereocenters. The van der Waals surface area contributed by atoms with Gasteiger partial charge in [-0.1, -0.05) is 36.4 Å². The van der Waals surface area contributed by atoms with Crippen molar-refractivity contribution in [2.45, 2.75) is 45.8 Å². The Bertz CT molecular complexity index is 685. The third kappa shape index (κ3) is 4.16. The highest BCUT2D eigenvalue weighted by atomic mass is 16.5. The fraction of sp³-hybridized carbons (Fsp3) is 0.381. The Balaban J connectivity index is 1.66. The molecule has 1 atom stereocenters. The summed E-state index contributed by atoms with van der Waals surface area (Å²) in [5.74, 6) is 1.33. The molecule has 126 valence electrons. The van der Waals surface area contributed by atoms with Crippen molar-refractivity contribution in [3.05, 3.63) is 54.1 Å². The average Bonchev–Trinajstić information content (AvgIpc) is 3.40. The summed E-state index contributed by atoms with van der Waals surface area (Å²) >= 11 is 0. The lowest BCUT2D eigenvalue weighted by atomic mass is 10.0. The van der Waals surface area contributed by atoms with Crippen molar-refractivity contribution in [2.24, 2.45) is 5.92 Å². The number of amides is 1. The second kappa shape index (κ2) is 7.08. The number of carbonyl (C=O) groups excluding carboxylic acids is 1. The maximum Gasteiger partial charge on any atom is 0.223 e. The van der Waals surface area contributed by atoms with Gasteiger partial charge >= 0.3 is 0 Å². The average molecular weight is 323 g/mol. The van der Waals surface area contributed by atoms with Gasteiger partial charge in [-0.25, -0.2) is 0 Å². The molecule has 0 aliphatic heterocycles. The number of carbonyl (C=O) groups is 1. The summed E-state index contributed by atoms with van der Waals surface area (Å²) in [7, 11) is 0. The maximum absolute atomic E-state index is 11.9. The Labute approximate surface area is 144 Å². The molecule has 1 aliphatic rings. The van der Waals surface area contributed by atoms with E-state index in [0.717, 1.165) is 35.3 Å². The van der Waals surface area contributed by atoms with Crippen molar-refractivity contribution in [1.29, 1.82) is 0 Å². The third-order valence-corrected chi connectivity index (χ3v) is 4.28. The van der Waals surface area contributed by atoms with Crippen LogP contribution < -0.4 is 10.1 Å². The van der Waals surface area contributed by atoms with Crippen LogP contribution in [0.2, 0.25) is 0 Å². The van der Waals surface area contributed by atoms with E-state index < -0.39 is 0 Å². The highest BCUT2D eigenvalue weighted by Gasteiger charge is 2.30. The van der Waals surface area contributed by atoms with E-state index in [1.54, 1.807) is 0 Å². The van der Waals surface area contributed by atoms with Gasteiger partial charge in [0.25, 0.3) is 0 Å². The lowest BCUT2D eigenvalue weighted by Crippen LogP contribution is -2.27. The van der Waals surface area contributed by atoms with E-state index in [4.69, 9.17) is 4.74 Å². The largest absolute Gasteiger partial charge is 0.491 e. The standard InChI is InChI=1S/C21H25NO2/c1-14(2)24-20-12-10-18(11-13-20)17-6-4-16(5-7-17)15(3)22-21(23)19-8-9-19/h4-7,10-15,19H,8-9H2,1-3H3,(H,22,23)/t15-/m0/s1. The molecule has 0 heterocycles. The fourth-order valence-electron chi connectivity index (χ4n) is 2.72. The highest BCUT2D eigenvalue weighted by Crippen LogP contribution is 2.30. The van der Waals surface area contributed by atoms with E-state index >= 15 is 0 Å². The molecule has 1 saturated carbocycles. The third-order valence-electron chi connectivity index (χ3n) is 4.28. The molecule has 0 radical (unpaired) electrons. The smallest absolute Gasteiger partial charge is 0.223 e. The summed E-state index contributed by atoms with van der Waals surface area (Å²) in [5, 5.41) is 3.09. The first kappa shape index (κ1) is 16.6. The van der Waals surface area contributed by atoms with E-state index in [-0.39, 0.29) is 24.0 Å². The molecular formula is C21H25NO2. The number of hydrogen-bond acceptors (Lipinski definition) is 2. The maximum atomic E-state index is 11.9. The van der Waals surface area contributed by atoms with Crippen molar-refractivity contribution >= 4 is 5.91 Å². The van der Waals surface area contributed by atoms with Crippen LogP contribution in [0.1, 0.15) is 45.2 Å². The van der Waals surface area contributed by atoms with E-state index in [0.29, 0.717) is 0 Å². The van der Waals surface area contributed by atoms with Gasteiger partial charge in [0, 0.05) is 5.92 Å². The summed E-state index contributed by atoms with van der Waals surface area (Å²) in [6.07, 6.45) is 2.25. The van der Waals surface area contributed by atoms with Gasteiger partial charge in [-0.2, -0.15) is 0 Å². The lowest BCUT2D eigenvalue weighted by molar-refractivity contribution is -0.122. The van der Waals surface area contributed by atoms with Gasteiger partial charge in [0.05, 0.1) is 12.1 Å². The summed E-state index contributed by atoms with van der Waals surface area (Å²) in [5.41, 5.74) is 3.45. The molecule has 0 aromatic heterocycles. The Hall–Kier alpha value is -2.29. The first-order valence-electron chi connectivity index (χ1n) is 8.70. The van der Waals surface area contributed by atoms with Gasteiger partial charge < -0.3 is 10.1 Å². The van der Waals surface area contributed by atoms with Crippen LogP contribution in [0.15, 0.2) is 48.5 Å². The molecule has 1 N–H and O–H groups in total. The summed E-state index contributed by atoms with van der Waals surface area (Å²) in [4.78, 5) is 11.9. The zero-order chi connectivity index (χ0) is 17.1. The van der Waals surface area contributed by atoms with Crippen LogP contribution in [0.4, 0.5) is 0 Å². The molecule has 1 aliphatic carbocycles. The quantitative estimate of drug-likeness (QED) is 0.834. The van der Waals surface area contributed by atoms with Crippen LogP contribution in [-0.4, -0.2) is 12.0 Å². The second-order valence-electron chi connectivity index (χ2n) is 6.82. The zero-order valence-electron chi connectivity index (χ0n) is 14.6. The van der Waals surface area contributed by atoms with Gasteiger partial charge in [0.2, 0.25) is 5.91 Å². The van der Waals surface area contributed by atoms with E-state index in [1.807, 2.05) is 32.9 Å². The number of rotatable bonds is 6. The van der Waals surface area contributed by atoms with Crippen molar-refractivity contribution in [1.82, 2.24) is 5.32 Å². The van der Waals surface area contributed by atoms with E-state index in [9.17, 15) is 4.79 Å². The van der Waals surface area contributed by atoms with Crippen LogP contribution in [0.25, 0.3) is 11.1 Å². The second-order valence-corrected chi connectivity index (χ2v) is 6.82. The molecule has 1 amide bonds. The summed E-state index contributed by atoms with van der Waals surface area (Å²) < 4.78 is 5.68. The predicted molar refractivity (Wildman–Crippen MR) is 96.9 cm³/mol. The molecule has 24 heavy (non-hydrogen) atoms. The Morgan fingerprint density at radius 2 is 1.50 bits per heavy atom. The van der Waals surface area contributed by atoms with Crippen LogP contribution in [0.3, 0.4) is 0 Å². The van der Waals surface area contributed by atoms with Crippen molar-refractivity contribution < 1.29 is 9.53 Å². The Kier molecular flexibility index (Phi) is 4.89. The highest BCUT2D eigenvalue weighted by molar-refractivity contribution is 5.81. The molecule has 3 heteroatoms. The van der Waals surface area contributed by atoms with Crippen LogP contribution in [0.5, 0.6) is 5.75 Å². The molecule has 1 fully saturated rings. The van der Waals surface area contributed by atoms with Gasteiger partial charge in [-0.3, -0.25) is 4.79 Å². The minimum Gasteiger partial charge on any atom is -0.491 e. The Morgan fingerprint density at radius 3 is 2.00 bits per heavy atom. The summed E-state index contributed by atoms with van der Waals surface area (Å²) in [6.45, 7) is 6.08. The topological polar surface area (TPSA) is 38.3 Å². The number of benzene rings is 2. The van der Waals surface area contributed by atoms with Crippen LogP contribution in [-0.2, 0) is 4.79 Å². The molecule has 2 aromatic rings. The normalized spacial score (nSPS) is 15.2. The van der Waals surface area contributed by atoms with Crippen LogP contribution in [0, 0.1) is 5.92 Å². The predicted octanol–water partition coefficient (Wildman–Crippen LogP) is 4.73. The fourth-order valence-corrected chi connectivity index (χ4v) is 2.72. The number of nitrogens with one attached hydrogen (secondary N) is 1. The van der Waals surface area contributed by atoms with E-state index in [2.05, 4.69) is 41.7 Å². The van der Waals surface area contributed by atoms with Crippen molar-refractivity contribution in [2.75, 3.05) is 0 Å².